The smallest absolute Gasteiger partial charge is 0.136 e. The zero-order chi connectivity index (χ0) is 18.0. The molecule has 25 heavy (non-hydrogen) atoms. The molecule has 1 saturated heterocycles. The lowest BCUT2D eigenvalue weighted by Gasteiger charge is -2.32. The van der Waals surface area contributed by atoms with Crippen molar-refractivity contribution in [1.29, 1.82) is 0 Å². The highest BCUT2D eigenvalue weighted by atomic mass is 16.1. The largest absolute Gasteiger partial charge is 0.300 e. The second-order valence-corrected chi connectivity index (χ2v) is 7.48. The van der Waals surface area contributed by atoms with Crippen molar-refractivity contribution >= 4 is 5.78 Å². The third kappa shape index (κ3) is 3.79. The molecular weight excluding hydrogens is 310 g/mol. The zero-order valence-electron chi connectivity index (χ0n) is 15.5. The van der Waals surface area contributed by atoms with Gasteiger partial charge in [-0.3, -0.25) is 20.1 Å². The average molecular weight is 337 g/mol. The second kappa shape index (κ2) is 7.44. The van der Waals surface area contributed by atoms with E-state index in [4.69, 9.17) is 0 Å². The van der Waals surface area contributed by atoms with Crippen LogP contribution in [0.15, 0.2) is 36.7 Å². The van der Waals surface area contributed by atoms with Gasteiger partial charge in [0.25, 0.3) is 0 Å². The molecule has 2 aromatic rings. The fourth-order valence-electron chi connectivity index (χ4n) is 3.67. The number of nitrogens with zero attached hydrogens (tertiary/aromatic N) is 2. The molecule has 3 rings (SSSR count). The maximum absolute atomic E-state index is 12.5. The molecule has 0 bridgehead atoms. The molecular formula is C21H27N3O. The lowest BCUT2D eigenvalue weighted by atomic mass is 9.87. The summed E-state index contributed by atoms with van der Waals surface area (Å²) in [5.74, 6) is 1.03. The van der Waals surface area contributed by atoms with Crippen LogP contribution in [0.4, 0.5) is 0 Å². The van der Waals surface area contributed by atoms with Crippen LogP contribution in [0, 0.1) is 0 Å². The Labute approximate surface area is 150 Å². The van der Waals surface area contributed by atoms with E-state index in [1.807, 2.05) is 24.5 Å². The molecule has 1 aliphatic rings. The predicted molar refractivity (Wildman–Crippen MR) is 99.5 cm³/mol. The van der Waals surface area contributed by atoms with Crippen LogP contribution in [0.1, 0.15) is 87.0 Å². The van der Waals surface area contributed by atoms with Crippen LogP contribution < -0.4 is 5.32 Å². The van der Waals surface area contributed by atoms with Gasteiger partial charge in [-0.15, -0.1) is 0 Å². The second-order valence-electron chi connectivity index (χ2n) is 7.48. The highest BCUT2D eigenvalue weighted by Crippen LogP contribution is 2.34. The van der Waals surface area contributed by atoms with E-state index in [-0.39, 0.29) is 17.9 Å². The van der Waals surface area contributed by atoms with Gasteiger partial charge in [0, 0.05) is 25.2 Å². The molecule has 0 aliphatic carbocycles. The summed E-state index contributed by atoms with van der Waals surface area (Å²) >= 11 is 0. The first-order chi connectivity index (χ1) is 12.0. The van der Waals surface area contributed by atoms with Crippen molar-refractivity contribution in [2.75, 3.05) is 0 Å². The number of Topliss-reactive ketones (excluding diaryl/α,β-unsaturated/α-hetero) is 1. The molecule has 0 spiro atoms. The van der Waals surface area contributed by atoms with Crippen molar-refractivity contribution in [2.45, 2.75) is 64.5 Å². The number of carbonyl (C=O) groups is 1. The van der Waals surface area contributed by atoms with E-state index in [0.717, 1.165) is 11.4 Å². The highest BCUT2D eigenvalue weighted by Gasteiger charge is 2.32. The fourth-order valence-corrected chi connectivity index (χ4v) is 3.67. The summed E-state index contributed by atoms with van der Waals surface area (Å²) in [7, 11) is 0. The Balaban J connectivity index is 1.95. The lowest BCUT2D eigenvalue weighted by molar-refractivity contribution is -0.121. The maximum atomic E-state index is 12.5. The first-order valence-electron chi connectivity index (χ1n) is 9.14. The minimum absolute atomic E-state index is 0.0492. The Morgan fingerprint density at radius 3 is 1.72 bits per heavy atom. The molecule has 0 amide bonds. The first-order valence-corrected chi connectivity index (χ1v) is 9.14. The Hall–Kier alpha value is -2.07. The van der Waals surface area contributed by atoms with Gasteiger partial charge in [0.1, 0.15) is 5.78 Å². The van der Waals surface area contributed by atoms with Gasteiger partial charge in [0.05, 0.1) is 23.5 Å². The van der Waals surface area contributed by atoms with E-state index in [2.05, 4.69) is 55.1 Å². The van der Waals surface area contributed by atoms with E-state index in [1.165, 1.54) is 11.1 Å². The average Bonchev–Trinajstić information content (AvgIpc) is 2.61. The number of aromatic nitrogens is 2. The molecule has 4 heteroatoms. The highest BCUT2D eigenvalue weighted by molar-refractivity contribution is 5.81. The van der Waals surface area contributed by atoms with E-state index < -0.39 is 0 Å². The summed E-state index contributed by atoms with van der Waals surface area (Å²) in [4.78, 5) is 21.7. The summed E-state index contributed by atoms with van der Waals surface area (Å²) < 4.78 is 0. The number of ketones is 1. The number of nitrogens with one attached hydrogen (secondary N) is 1. The van der Waals surface area contributed by atoms with Crippen molar-refractivity contribution in [3.05, 3.63) is 59.2 Å². The van der Waals surface area contributed by atoms with E-state index in [0.29, 0.717) is 24.7 Å². The Bertz CT molecular complexity index is 693. The molecule has 4 nitrogen and oxygen atoms in total. The zero-order valence-corrected chi connectivity index (χ0v) is 15.5. The third-order valence-electron chi connectivity index (χ3n) is 4.91. The molecule has 0 radical (unpaired) electrons. The molecule has 3 heterocycles. The first kappa shape index (κ1) is 17.7. The number of rotatable bonds is 4. The molecule has 2 aromatic heterocycles. The van der Waals surface area contributed by atoms with E-state index in [1.54, 1.807) is 0 Å². The number of hydrogen-bond acceptors (Lipinski definition) is 4. The summed E-state index contributed by atoms with van der Waals surface area (Å²) in [6.45, 7) is 8.66. The number of hydrogen-bond donors (Lipinski definition) is 1. The van der Waals surface area contributed by atoms with Gasteiger partial charge in [0.15, 0.2) is 0 Å². The molecule has 1 aliphatic heterocycles. The lowest BCUT2D eigenvalue weighted by Crippen LogP contribution is -2.37. The van der Waals surface area contributed by atoms with Gasteiger partial charge in [-0.2, -0.15) is 0 Å². The van der Waals surface area contributed by atoms with Gasteiger partial charge in [-0.1, -0.05) is 39.8 Å². The summed E-state index contributed by atoms with van der Waals surface area (Å²) in [6.07, 6.45) is 4.63. The quantitative estimate of drug-likeness (QED) is 0.895. The Morgan fingerprint density at radius 1 is 0.880 bits per heavy atom. The van der Waals surface area contributed by atoms with Crippen molar-refractivity contribution in [1.82, 2.24) is 15.3 Å². The summed E-state index contributed by atoms with van der Waals surface area (Å²) in [5, 5.41) is 3.66. The fraction of sp³-hybridized carbons (Fsp3) is 0.476. The number of pyridine rings is 2. The van der Waals surface area contributed by atoms with Gasteiger partial charge >= 0.3 is 0 Å². The van der Waals surface area contributed by atoms with Crippen molar-refractivity contribution in [3.63, 3.8) is 0 Å². The van der Waals surface area contributed by atoms with E-state index >= 15 is 0 Å². The van der Waals surface area contributed by atoms with Crippen molar-refractivity contribution in [2.24, 2.45) is 0 Å². The van der Waals surface area contributed by atoms with Crippen LogP contribution >= 0.6 is 0 Å². The maximum Gasteiger partial charge on any atom is 0.136 e. The van der Waals surface area contributed by atoms with Crippen LogP contribution in [0.5, 0.6) is 0 Å². The van der Waals surface area contributed by atoms with Crippen LogP contribution in [0.25, 0.3) is 0 Å². The number of piperidine rings is 1. The molecule has 0 saturated carbocycles. The predicted octanol–water partition coefficient (Wildman–Crippen LogP) is 4.46. The van der Waals surface area contributed by atoms with Gasteiger partial charge in [-0.05, 0) is 35.1 Å². The molecule has 132 valence electrons. The van der Waals surface area contributed by atoms with E-state index in [9.17, 15) is 4.79 Å². The topological polar surface area (TPSA) is 54.9 Å². The van der Waals surface area contributed by atoms with Gasteiger partial charge in [-0.25, -0.2) is 0 Å². The molecule has 0 aromatic carbocycles. The minimum atomic E-state index is -0.0492. The summed E-state index contributed by atoms with van der Waals surface area (Å²) in [6, 6.07) is 8.07. The molecule has 1 N–H and O–H groups in total. The molecule has 2 unspecified atom stereocenters. The molecule has 2 atom stereocenters. The van der Waals surface area contributed by atoms with Gasteiger partial charge < -0.3 is 0 Å². The number of carbonyl (C=O) groups excluding carboxylic acids is 1. The Morgan fingerprint density at radius 2 is 1.32 bits per heavy atom. The van der Waals surface area contributed by atoms with Crippen molar-refractivity contribution < 1.29 is 4.79 Å². The van der Waals surface area contributed by atoms with Crippen LogP contribution in [0.2, 0.25) is 0 Å². The standard InChI is InChI=1S/C21H27N3O/c1-13(2)16-7-5-9-22-20(16)18-11-15(25)12-19(24-18)21-17(14(3)4)8-6-10-23-21/h5-10,13-14,18-19,24H,11-12H2,1-4H3. The Kier molecular flexibility index (Phi) is 5.28. The monoisotopic (exact) mass is 337 g/mol. The van der Waals surface area contributed by atoms with Crippen molar-refractivity contribution in [3.8, 4) is 0 Å². The SMILES string of the molecule is CC(C)c1cccnc1C1CC(=O)CC(c2ncccc2C(C)C)N1. The van der Waals surface area contributed by atoms with Crippen LogP contribution in [-0.4, -0.2) is 15.8 Å². The molecule has 1 fully saturated rings. The van der Waals surface area contributed by atoms with Crippen LogP contribution in [-0.2, 0) is 4.79 Å². The minimum Gasteiger partial charge on any atom is -0.300 e. The normalized spacial score (nSPS) is 21.1. The van der Waals surface area contributed by atoms with Gasteiger partial charge in [0.2, 0.25) is 0 Å². The van der Waals surface area contributed by atoms with Crippen LogP contribution in [0.3, 0.4) is 0 Å². The third-order valence-corrected chi connectivity index (χ3v) is 4.91. The summed E-state index contributed by atoms with van der Waals surface area (Å²) in [5.41, 5.74) is 4.41.